The van der Waals surface area contributed by atoms with Crippen molar-refractivity contribution in [2.45, 2.75) is 6.18 Å². The Morgan fingerprint density at radius 1 is 1.46 bits per heavy atom. The Labute approximate surface area is 76.2 Å². The normalized spacial score (nSPS) is 11.5. The lowest BCUT2D eigenvalue weighted by atomic mass is 10.3. The largest absolute Gasteiger partial charge is 0.417 e. The molecule has 0 fully saturated rings. The van der Waals surface area contributed by atoms with Crippen molar-refractivity contribution in [1.82, 2.24) is 4.98 Å². The highest BCUT2D eigenvalue weighted by Gasteiger charge is 2.31. The summed E-state index contributed by atoms with van der Waals surface area (Å²) < 4.78 is 36.1. The Morgan fingerprint density at radius 3 is 2.46 bits per heavy atom. The van der Waals surface area contributed by atoms with E-state index in [1.54, 1.807) is 0 Å². The fraction of sp³-hybridized carbons (Fsp3) is 0.167. The van der Waals surface area contributed by atoms with Crippen LogP contribution in [-0.2, 0) is 6.18 Å². The van der Waals surface area contributed by atoms with E-state index in [2.05, 4.69) is 15.7 Å². The Bertz CT molecular complexity index is 315. The minimum absolute atomic E-state index is 0.241. The van der Waals surface area contributed by atoms with Gasteiger partial charge in [-0.15, -0.1) is 0 Å². The maximum Gasteiger partial charge on any atom is 0.417 e. The summed E-state index contributed by atoms with van der Waals surface area (Å²) in [6, 6.07) is 0.691. The van der Waals surface area contributed by atoms with Crippen LogP contribution in [-0.4, -0.2) is 4.98 Å². The zero-order valence-corrected chi connectivity index (χ0v) is 6.86. The topological polar surface area (TPSA) is 48.1 Å². The van der Waals surface area contributed by atoms with Crippen LogP contribution in [0.25, 0.3) is 0 Å². The predicted octanol–water partition coefficient (Wildman–Crippen LogP) is 2.01. The number of nitrogens with zero attached hydrogens (tertiary/aromatic N) is 1. The van der Waals surface area contributed by atoms with Crippen molar-refractivity contribution in [3.05, 3.63) is 22.8 Å². The Balaban J connectivity index is 3.10. The van der Waals surface area contributed by atoms with Crippen LogP contribution in [0.2, 0.25) is 5.02 Å². The van der Waals surface area contributed by atoms with E-state index in [0.717, 1.165) is 0 Å². The number of aromatic nitrogens is 1. The van der Waals surface area contributed by atoms with Crippen LogP contribution < -0.4 is 10.7 Å². The fourth-order valence-corrected chi connectivity index (χ4v) is 0.878. The first-order valence-corrected chi connectivity index (χ1v) is 3.42. The number of hydrogen-bond acceptors (Lipinski definition) is 3. The van der Waals surface area contributed by atoms with Gasteiger partial charge < -0.3 is 4.84 Å². The van der Waals surface area contributed by atoms with Gasteiger partial charge in [-0.3, -0.25) is 0 Å². The van der Waals surface area contributed by atoms with Gasteiger partial charge in [0.25, 0.3) is 5.88 Å². The van der Waals surface area contributed by atoms with Gasteiger partial charge in [-0.05, 0) is 6.07 Å². The van der Waals surface area contributed by atoms with Gasteiger partial charge in [-0.25, -0.2) is 4.98 Å². The van der Waals surface area contributed by atoms with E-state index in [9.17, 15) is 13.2 Å². The number of alkyl halides is 3. The SMILES string of the molecule is NOc1ncc(C(F)(F)F)cc1Cl. The molecule has 1 rings (SSSR count). The highest BCUT2D eigenvalue weighted by molar-refractivity contribution is 6.31. The lowest BCUT2D eigenvalue weighted by Crippen LogP contribution is -2.08. The van der Waals surface area contributed by atoms with Crippen molar-refractivity contribution in [3.63, 3.8) is 0 Å². The molecule has 2 N–H and O–H groups in total. The first kappa shape index (κ1) is 10.1. The van der Waals surface area contributed by atoms with Crippen LogP contribution in [0.4, 0.5) is 13.2 Å². The summed E-state index contributed by atoms with van der Waals surface area (Å²) in [6.45, 7) is 0. The summed E-state index contributed by atoms with van der Waals surface area (Å²) in [5.41, 5.74) is -0.946. The molecule has 0 aliphatic carbocycles. The number of nitrogens with two attached hydrogens (primary N) is 1. The molecule has 72 valence electrons. The summed E-state index contributed by atoms with van der Waals surface area (Å²) in [6.07, 6.45) is -3.88. The van der Waals surface area contributed by atoms with Crippen LogP contribution in [0, 0.1) is 0 Å². The van der Waals surface area contributed by atoms with Crippen LogP contribution >= 0.6 is 11.6 Å². The molecule has 0 bridgehead atoms. The maximum absolute atomic E-state index is 12.0. The fourth-order valence-electron chi connectivity index (χ4n) is 0.667. The van der Waals surface area contributed by atoms with Crippen molar-refractivity contribution in [3.8, 4) is 5.88 Å². The molecule has 0 saturated carbocycles. The minimum atomic E-state index is -4.47. The first-order valence-electron chi connectivity index (χ1n) is 3.04. The Hall–Kier alpha value is -1.01. The third-order valence-electron chi connectivity index (χ3n) is 1.25. The van der Waals surface area contributed by atoms with Gasteiger partial charge in [0.15, 0.2) is 0 Å². The average Bonchev–Trinajstić information content (AvgIpc) is 2.02. The molecule has 1 aromatic heterocycles. The molecule has 0 amide bonds. The lowest BCUT2D eigenvalue weighted by molar-refractivity contribution is -0.137. The van der Waals surface area contributed by atoms with Gasteiger partial charge in [0.05, 0.1) is 5.56 Å². The number of rotatable bonds is 1. The molecule has 0 radical (unpaired) electrons. The van der Waals surface area contributed by atoms with Gasteiger partial charge in [0.1, 0.15) is 5.02 Å². The molecule has 0 aromatic carbocycles. The second-order valence-corrected chi connectivity index (χ2v) is 2.53. The summed E-state index contributed by atoms with van der Waals surface area (Å²) in [4.78, 5) is 7.37. The summed E-state index contributed by atoms with van der Waals surface area (Å²) in [5.74, 6) is 4.44. The summed E-state index contributed by atoms with van der Waals surface area (Å²) >= 11 is 5.37. The smallest absolute Gasteiger partial charge is 0.390 e. The third-order valence-corrected chi connectivity index (χ3v) is 1.52. The third kappa shape index (κ3) is 2.22. The Morgan fingerprint density at radius 2 is 2.08 bits per heavy atom. The van der Waals surface area contributed by atoms with E-state index >= 15 is 0 Å². The zero-order valence-electron chi connectivity index (χ0n) is 6.10. The molecular weight excluding hydrogens is 209 g/mol. The molecule has 0 aliphatic rings. The first-order chi connectivity index (χ1) is 5.95. The molecule has 0 saturated heterocycles. The second-order valence-electron chi connectivity index (χ2n) is 2.13. The minimum Gasteiger partial charge on any atom is -0.390 e. The van der Waals surface area contributed by atoms with Gasteiger partial charge in [-0.1, -0.05) is 11.6 Å². The summed E-state index contributed by atoms with van der Waals surface area (Å²) in [5, 5.41) is -0.280. The van der Waals surface area contributed by atoms with E-state index in [-0.39, 0.29) is 10.9 Å². The molecule has 1 heterocycles. The van der Waals surface area contributed by atoms with E-state index in [4.69, 9.17) is 11.6 Å². The van der Waals surface area contributed by atoms with Crippen LogP contribution in [0.5, 0.6) is 5.88 Å². The molecule has 0 spiro atoms. The van der Waals surface area contributed by atoms with Crippen molar-refractivity contribution in [1.29, 1.82) is 0 Å². The van der Waals surface area contributed by atoms with Gasteiger partial charge >= 0.3 is 6.18 Å². The molecule has 0 atom stereocenters. The number of halogens is 4. The van der Waals surface area contributed by atoms with Crippen LogP contribution in [0.15, 0.2) is 12.3 Å². The monoisotopic (exact) mass is 212 g/mol. The van der Waals surface area contributed by atoms with Gasteiger partial charge in [-0.2, -0.15) is 19.1 Å². The van der Waals surface area contributed by atoms with E-state index < -0.39 is 11.7 Å². The van der Waals surface area contributed by atoms with Crippen molar-refractivity contribution in [2.75, 3.05) is 0 Å². The molecule has 0 aliphatic heterocycles. The standard InChI is InChI=1S/C6H4ClF3N2O/c7-4-1-3(6(8,9)10)2-12-5(4)13-11/h1-2H,11H2. The zero-order chi connectivity index (χ0) is 10.1. The van der Waals surface area contributed by atoms with Gasteiger partial charge in [0, 0.05) is 6.20 Å². The van der Waals surface area contributed by atoms with Crippen molar-refractivity contribution in [2.24, 2.45) is 5.90 Å². The van der Waals surface area contributed by atoms with Gasteiger partial charge in [0.2, 0.25) is 0 Å². The van der Waals surface area contributed by atoms with Crippen LogP contribution in [0.3, 0.4) is 0 Å². The molecular formula is C6H4ClF3N2O. The highest BCUT2D eigenvalue weighted by Crippen LogP contribution is 2.32. The maximum atomic E-state index is 12.0. The van der Waals surface area contributed by atoms with E-state index in [1.165, 1.54) is 0 Å². The number of hydrogen-bond donors (Lipinski definition) is 1. The second kappa shape index (κ2) is 3.39. The molecule has 0 unspecified atom stereocenters. The quantitative estimate of drug-likeness (QED) is 0.725. The lowest BCUT2D eigenvalue weighted by Gasteiger charge is -2.07. The van der Waals surface area contributed by atoms with Crippen molar-refractivity contribution < 1.29 is 18.0 Å². The number of pyridine rings is 1. The Kier molecular flexibility index (Phi) is 2.63. The van der Waals surface area contributed by atoms with Crippen LogP contribution in [0.1, 0.15) is 5.56 Å². The average molecular weight is 213 g/mol. The highest BCUT2D eigenvalue weighted by atomic mass is 35.5. The molecule has 1 aromatic rings. The van der Waals surface area contributed by atoms with E-state index in [0.29, 0.717) is 12.3 Å². The summed E-state index contributed by atoms with van der Waals surface area (Å²) in [7, 11) is 0. The van der Waals surface area contributed by atoms with Crippen molar-refractivity contribution >= 4 is 11.6 Å². The molecule has 3 nitrogen and oxygen atoms in total. The molecule has 7 heteroatoms. The molecule has 13 heavy (non-hydrogen) atoms. The van der Waals surface area contributed by atoms with E-state index in [1.807, 2.05) is 0 Å². The predicted molar refractivity (Wildman–Crippen MR) is 39.1 cm³/mol.